The van der Waals surface area contributed by atoms with Crippen molar-refractivity contribution in [1.29, 1.82) is 0 Å². The number of rotatable bonds is 6. The van der Waals surface area contributed by atoms with E-state index in [1.165, 1.54) is 31.7 Å². The van der Waals surface area contributed by atoms with Crippen molar-refractivity contribution in [3.8, 4) is 0 Å². The Labute approximate surface area is 162 Å². The molecule has 0 radical (unpaired) electrons. The van der Waals surface area contributed by atoms with Crippen LogP contribution in [0, 0.1) is 23.6 Å². The average Bonchev–Trinajstić information content (AvgIpc) is 3.28. The summed E-state index contributed by atoms with van der Waals surface area (Å²) < 4.78 is 13.8. The quantitative estimate of drug-likeness (QED) is 0.833. The molecule has 5 heteroatoms. The molecule has 1 saturated heterocycles. The van der Waals surface area contributed by atoms with E-state index in [1.54, 1.807) is 6.07 Å². The Morgan fingerprint density at radius 1 is 1.15 bits per heavy atom. The summed E-state index contributed by atoms with van der Waals surface area (Å²) >= 11 is 0. The Bertz CT molecular complexity index is 659. The van der Waals surface area contributed by atoms with Crippen LogP contribution in [0.3, 0.4) is 0 Å². The van der Waals surface area contributed by atoms with Gasteiger partial charge in [0.15, 0.2) is 0 Å². The average molecular weight is 374 g/mol. The van der Waals surface area contributed by atoms with E-state index in [0.717, 1.165) is 43.6 Å². The predicted octanol–water partition coefficient (Wildman–Crippen LogP) is 2.88. The molecule has 1 N–H and O–H groups in total. The van der Waals surface area contributed by atoms with Gasteiger partial charge < -0.3 is 5.32 Å². The predicted molar refractivity (Wildman–Crippen MR) is 105 cm³/mol. The summed E-state index contributed by atoms with van der Waals surface area (Å²) in [5, 5.41) is 3.27. The number of halogens is 1. The van der Waals surface area contributed by atoms with E-state index in [1.807, 2.05) is 12.1 Å². The first-order valence-electron chi connectivity index (χ1n) is 10.6. The standard InChI is InChI=1S/C22H32FN3O/c1-16(20-13-17-6-7-18(20)12-17)24-22(27)15-26-10-8-25(9-11-26)14-19-4-2-3-5-21(19)23/h2-5,16-18,20H,6-15H2,1H3,(H,24,27). The minimum atomic E-state index is -0.131. The summed E-state index contributed by atoms with van der Waals surface area (Å²) in [6, 6.07) is 7.29. The number of carbonyl (C=O) groups is 1. The summed E-state index contributed by atoms with van der Waals surface area (Å²) in [5.74, 6) is 2.47. The lowest BCUT2D eigenvalue weighted by Gasteiger charge is -2.35. The van der Waals surface area contributed by atoms with Gasteiger partial charge in [0.05, 0.1) is 6.54 Å². The monoisotopic (exact) mass is 373 g/mol. The zero-order valence-electron chi connectivity index (χ0n) is 16.4. The molecule has 27 heavy (non-hydrogen) atoms. The van der Waals surface area contributed by atoms with Crippen molar-refractivity contribution in [2.75, 3.05) is 32.7 Å². The SMILES string of the molecule is CC(NC(=O)CN1CCN(Cc2ccccc2F)CC1)C1CC2CCC1C2. The van der Waals surface area contributed by atoms with Gasteiger partial charge in [0.25, 0.3) is 0 Å². The Morgan fingerprint density at radius 2 is 1.89 bits per heavy atom. The fourth-order valence-corrected chi connectivity index (χ4v) is 5.49. The molecule has 1 aliphatic heterocycles. The number of hydrogen-bond acceptors (Lipinski definition) is 3. The highest BCUT2D eigenvalue weighted by molar-refractivity contribution is 5.78. The third-order valence-electron chi connectivity index (χ3n) is 7.01. The second-order valence-electron chi connectivity index (χ2n) is 8.84. The van der Waals surface area contributed by atoms with Gasteiger partial charge in [-0.1, -0.05) is 24.6 Å². The Kier molecular flexibility index (Phi) is 5.79. The smallest absolute Gasteiger partial charge is 0.234 e. The van der Waals surface area contributed by atoms with Gasteiger partial charge in [-0.3, -0.25) is 14.6 Å². The van der Waals surface area contributed by atoms with Crippen molar-refractivity contribution >= 4 is 5.91 Å². The first kappa shape index (κ1) is 18.9. The molecule has 3 fully saturated rings. The van der Waals surface area contributed by atoms with Crippen LogP contribution in [0.5, 0.6) is 0 Å². The highest BCUT2D eigenvalue weighted by Crippen LogP contribution is 2.49. The van der Waals surface area contributed by atoms with E-state index in [0.29, 0.717) is 25.0 Å². The third-order valence-corrected chi connectivity index (χ3v) is 7.01. The Hall–Kier alpha value is -1.46. The number of fused-ring (bicyclic) bond motifs is 2. The van der Waals surface area contributed by atoms with Crippen molar-refractivity contribution in [3.05, 3.63) is 35.6 Å². The molecular weight excluding hydrogens is 341 g/mol. The van der Waals surface area contributed by atoms with Gasteiger partial charge in [-0.05, 0) is 50.0 Å². The van der Waals surface area contributed by atoms with Crippen LogP contribution >= 0.6 is 0 Å². The fraction of sp³-hybridized carbons (Fsp3) is 0.682. The maximum atomic E-state index is 13.8. The molecule has 148 valence electrons. The molecule has 2 aliphatic carbocycles. The van der Waals surface area contributed by atoms with E-state index >= 15 is 0 Å². The number of piperazine rings is 1. The molecule has 4 rings (SSSR count). The molecule has 3 aliphatic rings. The highest BCUT2D eigenvalue weighted by Gasteiger charge is 2.42. The number of carbonyl (C=O) groups excluding carboxylic acids is 1. The van der Waals surface area contributed by atoms with Crippen molar-refractivity contribution in [2.24, 2.45) is 17.8 Å². The number of nitrogens with one attached hydrogen (secondary N) is 1. The van der Waals surface area contributed by atoms with Crippen LogP contribution in [0.15, 0.2) is 24.3 Å². The van der Waals surface area contributed by atoms with E-state index < -0.39 is 0 Å². The molecule has 1 heterocycles. The van der Waals surface area contributed by atoms with Crippen LogP contribution < -0.4 is 5.32 Å². The minimum Gasteiger partial charge on any atom is -0.352 e. The molecule has 0 spiro atoms. The van der Waals surface area contributed by atoms with Crippen molar-refractivity contribution in [2.45, 2.75) is 45.2 Å². The summed E-state index contributed by atoms with van der Waals surface area (Å²) in [4.78, 5) is 17.0. The maximum absolute atomic E-state index is 13.8. The number of nitrogens with zero attached hydrogens (tertiary/aromatic N) is 2. The van der Waals surface area contributed by atoms with Crippen molar-refractivity contribution < 1.29 is 9.18 Å². The van der Waals surface area contributed by atoms with Crippen LogP contribution in [0.1, 0.15) is 38.2 Å². The van der Waals surface area contributed by atoms with Gasteiger partial charge >= 0.3 is 0 Å². The van der Waals surface area contributed by atoms with Crippen LogP contribution in [0.2, 0.25) is 0 Å². The zero-order valence-corrected chi connectivity index (χ0v) is 16.4. The van der Waals surface area contributed by atoms with Crippen molar-refractivity contribution in [1.82, 2.24) is 15.1 Å². The van der Waals surface area contributed by atoms with Gasteiger partial charge in [-0.15, -0.1) is 0 Å². The summed E-state index contributed by atoms with van der Waals surface area (Å²) in [6.07, 6.45) is 5.45. The van der Waals surface area contributed by atoms with Gasteiger partial charge in [0, 0.05) is 44.3 Å². The lowest BCUT2D eigenvalue weighted by molar-refractivity contribution is -0.123. The minimum absolute atomic E-state index is 0.131. The zero-order chi connectivity index (χ0) is 18.8. The summed E-state index contributed by atoms with van der Waals surface area (Å²) in [5.41, 5.74) is 0.753. The van der Waals surface area contributed by atoms with Crippen LogP contribution in [-0.4, -0.2) is 54.5 Å². The number of benzene rings is 1. The van der Waals surface area contributed by atoms with E-state index in [-0.39, 0.29) is 11.7 Å². The van der Waals surface area contributed by atoms with Crippen molar-refractivity contribution in [3.63, 3.8) is 0 Å². The van der Waals surface area contributed by atoms with Gasteiger partial charge in [0.1, 0.15) is 5.82 Å². The van der Waals surface area contributed by atoms with E-state index in [9.17, 15) is 9.18 Å². The second kappa shape index (κ2) is 8.27. The first-order chi connectivity index (χ1) is 13.1. The topological polar surface area (TPSA) is 35.6 Å². The molecule has 4 unspecified atom stereocenters. The molecule has 4 atom stereocenters. The molecule has 0 aromatic heterocycles. The molecule has 4 nitrogen and oxygen atoms in total. The lowest BCUT2D eigenvalue weighted by Crippen LogP contribution is -2.50. The molecule has 2 bridgehead atoms. The second-order valence-corrected chi connectivity index (χ2v) is 8.84. The lowest BCUT2D eigenvalue weighted by atomic mass is 9.84. The summed E-state index contributed by atoms with van der Waals surface area (Å²) in [6.45, 7) is 6.81. The Morgan fingerprint density at radius 3 is 2.56 bits per heavy atom. The molecular formula is C22H32FN3O. The van der Waals surface area contributed by atoms with Crippen LogP contribution in [-0.2, 0) is 11.3 Å². The van der Waals surface area contributed by atoms with Gasteiger partial charge in [-0.25, -0.2) is 4.39 Å². The number of amides is 1. The summed E-state index contributed by atoms with van der Waals surface area (Å²) in [7, 11) is 0. The molecule has 1 amide bonds. The molecule has 1 aromatic carbocycles. The highest BCUT2D eigenvalue weighted by atomic mass is 19.1. The maximum Gasteiger partial charge on any atom is 0.234 e. The van der Waals surface area contributed by atoms with Crippen LogP contribution in [0.25, 0.3) is 0 Å². The molecule has 1 aromatic rings. The number of hydrogen-bond donors (Lipinski definition) is 1. The van der Waals surface area contributed by atoms with E-state index in [4.69, 9.17) is 0 Å². The Balaban J connectivity index is 1.19. The third kappa shape index (κ3) is 4.52. The largest absolute Gasteiger partial charge is 0.352 e. The van der Waals surface area contributed by atoms with E-state index in [2.05, 4.69) is 22.0 Å². The van der Waals surface area contributed by atoms with Gasteiger partial charge in [0.2, 0.25) is 5.91 Å². The molecule has 2 saturated carbocycles. The normalized spacial score (nSPS) is 29.8. The first-order valence-corrected chi connectivity index (χ1v) is 10.6. The van der Waals surface area contributed by atoms with Crippen LogP contribution in [0.4, 0.5) is 4.39 Å². The van der Waals surface area contributed by atoms with Gasteiger partial charge in [-0.2, -0.15) is 0 Å². The fourth-order valence-electron chi connectivity index (χ4n) is 5.49.